The molecule has 3 N–H and O–H groups in total. The lowest BCUT2D eigenvalue weighted by atomic mass is 10.1. The van der Waals surface area contributed by atoms with E-state index in [1.807, 2.05) is 24.3 Å². The van der Waals surface area contributed by atoms with Gasteiger partial charge >= 0.3 is 0 Å². The van der Waals surface area contributed by atoms with E-state index in [-0.39, 0.29) is 29.8 Å². The quantitative estimate of drug-likeness (QED) is 0.501. The van der Waals surface area contributed by atoms with Crippen molar-refractivity contribution < 1.29 is 19.2 Å². The first kappa shape index (κ1) is 20.6. The van der Waals surface area contributed by atoms with Gasteiger partial charge in [0.2, 0.25) is 11.8 Å². The summed E-state index contributed by atoms with van der Waals surface area (Å²) in [6.45, 7) is 6.68. The second-order valence-electron chi connectivity index (χ2n) is 7.31. The fraction of sp³-hybridized carbons (Fsp3) is 0.429. The van der Waals surface area contributed by atoms with Crippen LogP contribution in [0.15, 0.2) is 47.4 Å². The van der Waals surface area contributed by atoms with Gasteiger partial charge < -0.3 is 9.64 Å². The summed E-state index contributed by atoms with van der Waals surface area (Å²) in [4.78, 5) is 26.4. The number of quaternary nitrogens is 1. The summed E-state index contributed by atoms with van der Waals surface area (Å²) in [5, 5.41) is 2.32. The average Bonchev–Trinajstić information content (AvgIpc) is 2.68. The number of hydrazine groups is 1. The highest BCUT2D eigenvalue weighted by molar-refractivity contribution is 8.00. The van der Waals surface area contributed by atoms with Crippen LogP contribution in [0.5, 0.6) is 0 Å². The number of fused-ring (bicyclic) bond motifs is 1. The van der Waals surface area contributed by atoms with Gasteiger partial charge in [-0.2, -0.15) is 0 Å². The van der Waals surface area contributed by atoms with Gasteiger partial charge in [0.05, 0.1) is 18.7 Å². The van der Waals surface area contributed by atoms with E-state index in [9.17, 15) is 9.59 Å². The summed E-state index contributed by atoms with van der Waals surface area (Å²) in [7, 11) is 0. The van der Waals surface area contributed by atoms with Gasteiger partial charge in [0.1, 0.15) is 25.3 Å². The lowest BCUT2D eigenvalue weighted by Crippen LogP contribution is -3.15. The number of ether oxygens (including phenoxy) is 1. The third kappa shape index (κ3) is 6.22. The number of hydrogen-bond acceptors (Lipinski definition) is 4. The number of hydrogen-bond donors (Lipinski definition) is 3. The summed E-state index contributed by atoms with van der Waals surface area (Å²) in [5.74, 6) is -0.127. The van der Waals surface area contributed by atoms with Crippen molar-refractivity contribution in [1.82, 2.24) is 10.9 Å². The Hall–Kier alpha value is -2.09. The van der Waals surface area contributed by atoms with Crippen LogP contribution in [0.4, 0.5) is 0 Å². The van der Waals surface area contributed by atoms with E-state index in [1.54, 1.807) is 0 Å². The molecule has 1 fully saturated rings. The highest BCUT2D eigenvalue weighted by Gasteiger charge is 2.25. The minimum Gasteiger partial charge on any atom is -0.364 e. The second kappa shape index (κ2) is 9.91. The zero-order valence-corrected chi connectivity index (χ0v) is 17.2. The molecule has 3 rings (SSSR count). The van der Waals surface area contributed by atoms with Gasteiger partial charge in [-0.1, -0.05) is 30.3 Å². The first-order chi connectivity index (χ1) is 13.5. The van der Waals surface area contributed by atoms with Crippen LogP contribution in [0.1, 0.15) is 20.3 Å². The minimum atomic E-state index is -0.215. The number of carbonyl (C=O) groups excluding carboxylic acids is 2. The molecule has 1 saturated heterocycles. The molecule has 1 aliphatic rings. The van der Waals surface area contributed by atoms with Crippen LogP contribution < -0.4 is 15.8 Å². The number of morpholine rings is 1. The molecule has 2 aromatic rings. The number of amides is 2. The van der Waals surface area contributed by atoms with E-state index in [0.29, 0.717) is 6.42 Å². The van der Waals surface area contributed by atoms with E-state index < -0.39 is 0 Å². The van der Waals surface area contributed by atoms with Crippen molar-refractivity contribution in [3.63, 3.8) is 0 Å². The van der Waals surface area contributed by atoms with Gasteiger partial charge in [-0.25, -0.2) is 0 Å². The van der Waals surface area contributed by atoms with Gasteiger partial charge in [-0.15, -0.1) is 11.8 Å². The normalized spacial score (nSPS) is 22.0. The van der Waals surface area contributed by atoms with Crippen molar-refractivity contribution in [3.8, 4) is 0 Å². The Morgan fingerprint density at radius 2 is 1.71 bits per heavy atom. The zero-order valence-electron chi connectivity index (χ0n) is 16.4. The molecule has 2 aromatic carbocycles. The van der Waals surface area contributed by atoms with Crippen LogP contribution in [0, 0.1) is 0 Å². The molecule has 1 unspecified atom stereocenters. The van der Waals surface area contributed by atoms with Gasteiger partial charge in [-0.05, 0) is 36.8 Å². The molecule has 0 aromatic heterocycles. The van der Waals surface area contributed by atoms with Gasteiger partial charge in [-0.3, -0.25) is 20.4 Å². The third-order valence-electron chi connectivity index (χ3n) is 4.75. The Labute approximate surface area is 170 Å². The molecule has 0 saturated carbocycles. The van der Waals surface area contributed by atoms with Crippen molar-refractivity contribution in [1.29, 1.82) is 0 Å². The summed E-state index contributed by atoms with van der Waals surface area (Å²) >= 11 is 1.45. The predicted octanol–water partition coefficient (Wildman–Crippen LogP) is 1.16. The Balaban J connectivity index is 1.36. The topological polar surface area (TPSA) is 71.9 Å². The summed E-state index contributed by atoms with van der Waals surface area (Å²) in [5.41, 5.74) is 5.02. The average molecular weight is 403 g/mol. The van der Waals surface area contributed by atoms with Crippen LogP contribution in [-0.2, 0) is 14.3 Å². The van der Waals surface area contributed by atoms with E-state index in [2.05, 4.69) is 42.9 Å². The van der Waals surface area contributed by atoms with Crippen molar-refractivity contribution >= 4 is 34.3 Å². The molecule has 28 heavy (non-hydrogen) atoms. The Bertz CT molecular complexity index is 819. The highest BCUT2D eigenvalue weighted by atomic mass is 32.2. The Morgan fingerprint density at radius 3 is 2.46 bits per heavy atom. The molecule has 0 aliphatic carbocycles. The summed E-state index contributed by atoms with van der Waals surface area (Å²) in [6.07, 6.45) is 0.814. The molecule has 0 radical (unpaired) electrons. The fourth-order valence-corrected chi connectivity index (χ4v) is 4.27. The third-order valence-corrected chi connectivity index (χ3v) is 5.75. The molecule has 150 valence electrons. The molecule has 7 heteroatoms. The van der Waals surface area contributed by atoms with E-state index in [4.69, 9.17) is 4.74 Å². The van der Waals surface area contributed by atoms with Crippen LogP contribution >= 0.6 is 11.8 Å². The smallest absolute Gasteiger partial charge is 0.248 e. The zero-order chi connectivity index (χ0) is 19.9. The predicted molar refractivity (Wildman–Crippen MR) is 111 cm³/mol. The number of carbonyl (C=O) groups is 2. The van der Waals surface area contributed by atoms with Crippen molar-refractivity contribution in [2.45, 2.75) is 37.4 Å². The summed E-state index contributed by atoms with van der Waals surface area (Å²) in [6, 6.07) is 14.2. The lowest BCUT2D eigenvalue weighted by Gasteiger charge is -2.32. The largest absolute Gasteiger partial charge is 0.364 e. The van der Waals surface area contributed by atoms with Crippen molar-refractivity contribution in [3.05, 3.63) is 42.5 Å². The molecule has 1 heterocycles. The molecule has 3 atom stereocenters. The highest BCUT2D eigenvalue weighted by Crippen LogP contribution is 2.23. The van der Waals surface area contributed by atoms with Crippen LogP contribution in [0.3, 0.4) is 0 Å². The van der Waals surface area contributed by atoms with E-state index in [0.717, 1.165) is 29.9 Å². The second-order valence-corrected chi connectivity index (χ2v) is 8.36. The van der Waals surface area contributed by atoms with Crippen LogP contribution in [-0.4, -0.2) is 49.4 Å². The SMILES string of the molecule is C[C@@H]1C[NH+](CCC(=O)NNC(=O)CSc2ccc3ccccc3c2)C[C@H](C)O1. The number of thioether (sulfide) groups is 1. The maximum absolute atomic E-state index is 12.0. The molecular formula is C21H28N3O3S+. The molecule has 1 aliphatic heterocycles. The van der Waals surface area contributed by atoms with Crippen LogP contribution in [0.2, 0.25) is 0 Å². The lowest BCUT2D eigenvalue weighted by molar-refractivity contribution is -0.914. The first-order valence-electron chi connectivity index (χ1n) is 9.68. The van der Waals surface area contributed by atoms with Crippen molar-refractivity contribution in [2.24, 2.45) is 0 Å². The minimum absolute atomic E-state index is 0.164. The first-order valence-corrected chi connectivity index (χ1v) is 10.7. The van der Waals surface area contributed by atoms with Crippen molar-refractivity contribution in [2.75, 3.05) is 25.4 Å². The van der Waals surface area contributed by atoms with E-state index >= 15 is 0 Å². The number of rotatable bonds is 6. The molecular weight excluding hydrogens is 374 g/mol. The van der Waals surface area contributed by atoms with Gasteiger partial charge in [0, 0.05) is 4.90 Å². The molecule has 0 spiro atoms. The van der Waals surface area contributed by atoms with Crippen LogP contribution in [0.25, 0.3) is 10.8 Å². The van der Waals surface area contributed by atoms with Gasteiger partial charge in [0.15, 0.2) is 0 Å². The molecule has 2 amide bonds. The summed E-state index contributed by atoms with van der Waals surface area (Å²) < 4.78 is 5.71. The fourth-order valence-electron chi connectivity index (χ4n) is 3.53. The standard InChI is InChI=1S/C21H27N3O3S/c1-15-12-24(13-16(2)27-15)10-9-20(25)22-23-21(26)14-28-19-8-7-17-5-3-4-6-18(17)11-19/h3-8,11,15-16H,9-10,12-14H2,1-2H3,(H,22,25)(H,23,26)/p+1/t15-,16+. The monoisotopic (exact) mass is 402 g/mol. The Morgan fingerprint density at radius 1 is 1.04 bits per heavy atom. The maximum atomic E-state index is 12.0. The Kier molecular flexibility index (Phi) is 7.30. The van der Waals surface area contributed by atoms with Gasteiger partial charge in [0.25, 0.3) is 0 Å². The number of nitrogens with one attached hydrogen (secondary N) is 3. The maximum Gasteiger partial charge on any atom is 0.248 e. The molecule has 6 nitrogen and oxygen atoms in total. The number of benzene rings is 2. The molecule has 0 bridgehead atoms. The van der Waals surface area contributed by atoms with E-state index in [1.165, 1.54) is 22.0 Å².